The average molecular weight is 262 g/mol. The minimum atomic E-state index is 0.650. The number of nitrogens with one attached hydrogen (secondary N) is 2. The molecular weight excluding hydrogens is 240 g/mol. The molecule has 0 spiro atoms. The summed E-state index contributed by atoms with van der Waals surface area (Å²) in [6.07, 6.45) is 2.64. The van der Waals surface area contributed by atoms with Crippen LogP contribution in [0.25, 0.3) is 0 Å². The van der Waals surface area contributed by atoms with Crippen LogP contribution in [0.1, 0.15) is 18.4 Å². The average Bonchev–Trinajstić information content (AvgIpc) is 2.48. The maximum absolute atomic E-state index is 5.60. The van der Waals surface area contributed by atoms with E-state index < -0.39 is 0 Å². The van der Waals surface area contributed by atoms with Crippen molar-refractivity contribution in [2.75, 3.05) is 32.8 Å². The van der Waals surface area contributed by atoms with Crippen LogP contribution in [-0.4, -0.2) is 32.8 Å². The second kappa shape index (κ2) is 6.26. The zero-order valence-corrected chi connectivity index (χ0v) is 11.3. The molecule has 19 heavy (non-hydrogen) atoms. The van der Waals surface area contributed by atoms with Crippen molar-refractivity contribution in [1.82, 2.24) is 10.6 Å². The molecule has 0 aromatic heterocycles. The Morgan fingerprint density at radius 3 is 2.95 bits per heavy atom. The van der Waals surface area contributed by atoms with Crippen molar-refractivity contribution in [3.8, 4) is 11.5 Å². The third-order valence-electron chi connectivity index (χ3n) is 3.77. The lowest BCUT2D eigenvalue weighted by atomic mass is 10.00. The quantitative estimate of drug-likeness (QED) is 0.864. The number of hydrogen-bond donors (Lipinski definition) is 2. The first-order chi connectivity index (χ1) is 9.42. The summed E-state index contributed by atoms with van der Waals surface area (Å²) in [6.45, 7) is 5.61. The summed E-state index contributed by atoms with van der Waals surface area (Å²) in [5.41, 5.74) is 1.26. The van der Waals surface area contributed by atoms with Gasteiger partial charge < -0.3 is 20.1 Å². The van der Waals surface area contributed by atoms with Crippen molar-refractivity contribution in [2.45, 2.75) is 19.4 Å². The van der Waals surface area contributed by atoms with E-state index in [0.29, 0.717) is 13.2 Å². The molecular formula is C15H22N2O2. The van der Waals surface area contributed by atoms with Gasteiger partial charge in [-0.2, -0.15) is 0 Å². The Hall–Kier alpha value is -1.26. The number of rotatable bonds is 4. The van der Waals surface area contributed by atoms with Crippen LogP contribution < -0.4 is 20.1 Å². The van der Waals surface area contributed by atoms with E-state index in [1.165, 1.54) is 24.9 Å². The van der Waals surface area contributed by atoms with Gasteiger partial charge in [0.15, 0.2) is 11.5 Å². The molecule has 2 aliphatic rings. The molecule has 4 heteroatoms. The molecule has 0 saturated carbocycles. The Labute approximate surface area is 114 Å². The minimum Gasteiger partial charge on any atom is -0.486 e. The normalized spacial score (nSPS) is 22.2. The van der Waals surface area contributed by atoms with E-state index >= 15 is 0 Å². The predicted molar refractivity (Wildman–Crippen MR) is 74.7 cm³/mol. The molecule has 3 rings (SSSR count). The topological polar surface area (TPSA) is 42.5 Å². The van der Waals surface area contributed by atoms with Gasteiger partial charge in [0.25, 0.3) is 0 Å². The maximum Gasteiger partial charge on any atom is 0.161 e. The van der Waals surface area contributed by atoms with Gasteiger partial charge in [-0.15, -0.1) is 0 Å². The SMILES string of the molecule is c1cc2c(cc1CNC[C@H]1CCCNC1)OCCO2. The Bertz CT molecular complexity index is 417. The van der Waals surface area contributed by atoms with E-state index in [1.54, 1.807) is 0 Å². The Kier molecular flexibility index (Phi) is 4.20. The third-order valence-corrected chi connectivity index (χ3v) is 3.77. The van der Waals surface area contributed by atoms with Gasteiger partial charge in [-0.1, -0.05) is 6.07 Å². The molecule has 2 aliphatic heterocycles. The molecule has 0 bridgehead atoms. The van der Waals surface area contributed by atoms with E-state index in [-0.39, 0.29) is 0 Å². The number of fused-ring (bicyclic) bond motifs is 1. The summed E-state index contributed by atoms with van der Waals surface area (Å²) in [6, 6.07) is 6.20. The first-order valence-electron chi connectivity index (χ1n) is 7.22. The highest BCUT2D eigenvalue weighted by Crippen LogP contribution is 2.30. The fraction of sp³-hybridized carbons (Fsp3) is 0.600. The van der Waals surface area contributed by atoms with Gasteiger partial charge in [0, 0.05) is 6.54 Å². The van der Waals surface area contributed by atoms with Gasteiger partial charge in [0.05, 0.1) is 0 Å². The highest BCUT2D eigenvalue weighted by molar-refractivity contribution is 5.43. The first kappa shape index (κ1) is 12.8. The summed E-state index contributed by atoms with van der Waals surface area (Å²) in [7, 11) is 0. The fourth-order valence-corrected chi connectivity index (χ4v) is 2.72. The molecule has 0 unspecified atom stereocenters. The van der Waals surface area contributed by atoms with Crippen molar-refractivity contribution in [3.63, 3.8) is 0 Å². The molecule has 1 aromatic rings. The lowest BCUT2D eigenvalue weighted by Gasteiger charge is -2.23. The molecule has 0 radical (unpaired) electrons. The largest absolute Gasteiger partial charge is 0.486 e. The fourth-order valence-electron chi connectivity index (χ4n) is 2.72. The van der Waals surface area contributed by atoms with Gasteiger partial charge in [0.1, 0.15) is 13.2 Å². The summed E-state index contributed by atoms with van der Waals surface area (Å²) >= 11 is 0. The smallest absolute Gasteiger partial charge is 0.161 e. The number of benzene rings is 1. The zero-order chi connectivity index (χ0) is 12.9. The van der Waals surface area contributed by atoms with Crippen molar-refractivity contribution in [2.24, 2.45) is 5.92 Å². The Morgan fingerprint density at radius 2 is 2.11 bits per heavy atom. The predicted octanol–water partition coefficient (Wildman–Crippen LogP) is 1.55. The third kappa shape index (κ3) is 3.39. The number of piperidine rings is 1. The van der Waals surface area contributed by atoms with E-state index in [1.807, 2.05) is 6.07 Å². The maximum atomic E-state index is 5.60. The molecule has 0 amide bonds. The van der Waals surface area contributed by atoms with E-state index in [0.717, 1.165) is 37.1 Å². The summed E-state index contributed by atoms with van der Waals surface area (Å²) in [5, 5.41) is 6.99. The lowest BCUT2D eigenvalue weighted by molar-refractivity contribution is 0.171. The molecule has 1 saturated heterocycles. The summed E-state index contributed by atoms with van der Waals surface area (Å²) in [5.74, 6) is 2.52. The van der Waals surface area contributed by atoms with Crippen LogP contribution >= 0.6 is 0 Å². The van der Waals surface area contributed by atoms with Crippen LogP contribution in [0.5, 0.6) is 11.5 Å². The Balaban J connectivity index is 1.49. The van der Waals surface area contributed by atoms with Gasteiger partial charge in [-0.3, -0.25) is 0 Å². The monoisotopic (exact) mass is 262 g/mol. The number of hydrogen-bond acceptors (Lipinski definition) is 4. The van der Waals surface area contributed by atoms with Crippen LogP contribution in [0.15, 0.2) is 18.2 Å². The Morgan fingerprint density at radius 1 is 1.21 bits per heavy atom. The molecule has 2 heterocycles. The summed E-state index contributed by atoms with van der Waals surface area (Å²) in [4.78, 5) is 0. The molecule has 2 N–H and O–H groups in total. The van der Waals surface area contributed by atoms with Crippen LogP contribution in [0.4, 0.5) is 0 Å². The molecule has 1 aromatic carbocycles. The minimum absolute atomic E-state index is 0.650. The van der Waals surface area contributed by atoms with Crippen molar-refractivity contribution >= 4 is 0 Å². The lowest BCUT2D eigenvalue weighted by Crippen LogP contribution is -2.35. The highest BCUT2D eigenvalue weighted by Gasteiger charge is 2.13. The molecule has 0 aliphatic carbocycles. The summed E-state index contributed by atoms with van der Waals surface area (Å²) < 4.78 is 11.1. The van der Waals surface area contributed by atoms with Crippen LogP contribution in [0.2, 0.25) is 0 Å². The molecule has 1 atom stereocenters. The van der Waals surface area contributed by atoms with E-state index in [2.05, 4.69) is 22.8 Å². The standard InChI is InChI=1S/C15H22N2O2/c1-2-13(10-16-5-1)11-17-9-12-3-4-14-15(8-12)19-7-6-18-14/h3-4,8,13,16-17H,1-2,5-7,9-11H2/t13-/m0/s1. The second-order valence-corrected chi connectivity index (χ2v) is 5.32. The number of ether oxygens (including phenoxy) is 2. The van der Waals surface area contributed by atoms with Gasteiger partial charge >= 0.3 is 0 Å². The molecule has 1 fully saturated rings. The van der Waals surface area contributed by atoms with E-state index in [4.69, 9.17) is 9.47 Å². The van der Waals surface area contributed by atoms with Crippen molar-refractivity contribution in [3.05, 3.63) is 23.8 Å². The first-order valence-corrected chi connectivity index (χ1v) is 7.22. The van der Waals surface area contributed by atoms with Gasteiger partial charge in [-0.05, 0) is 56.1 Å². The van der Waals surface area contributed by atoms with Crippen molar-refractivity contribution < 1.29 is 9.47 Å². The van der Waals surface area contributed by atoms with Gasteiger partial charge in [0.2, 0.25) is 0 Å². The zero-order valence-electron chi connectivity index (χ0n) is 11.3. The molecule has 4 nitrogen and oxygen atoms in total. The second-order valence-electron chi connectivity index (χ2n) is 5.32. The molecule has 104 valence electrons. The van der Waals surface area contributed by atoms with Crippen molar-refractivity contribution in [1.29, 1.82) is 0 Å². The van der Waals surface area contributed by atoms with E-state index in [9.17, 15) is 0 Å². The highest BCUT2D eigenvalue weighted by atomic mass is 16.6. The van der Waals surface area contributed by atoms with Gasteiger partial charge in [-0.25, -0.2) is 0 Å². The van der Waals surface area contributed by atoms with Crippen LogP contribution in [-0.2, 0) is 6.54 Å². The van der Waals surface area contributed by atoms with Crippen LogP contribution in [0, 0.1) is 5.92 Å². The van der Waals surface area contributed by atoms with Crippen LogP contribution in [0.3, 0.4) is 0 Å².